The van der Waals surface area contributed by atoms with Gasteiger partial charge in [0.25, 0.3) is 0 Å². The highest BCUT2D eigenvalue weighted by molar-refractivity contribution is 6.04. The third-order valence-electron chi connectivity index (χ3n) is 1.96. The van der Waals surface area contributed by atoms with Crippen LogP contribution in [0, 0.1) is 0 Å². The summed E-state index contributed by atoms with van der Waals surface area (Å²) >= 11 is 0. The van der Waals surface area contributed by atoms with E-state index in [1.54, 1.807) is 24.3 Å². The fourth-order valence-electron chi connectivity index (χ4n) is 1.19. The number of ether oxygens (including phenoxy) is 2. The first-order valence-electron chi connectivity index (χ1n) is 4.63. The van der Waals surface area contributed by atoms with Gasteiger partial charge in [-0.3, -0.25) is 0 Å². The van der Waals surface area contributed by atoms with E-state index in [1.807, 2.05) is 0 Å². The van der Waals surface area contributed by atoms with E-state index in [0.29, 0.717) is 0 Å². The van der Waals surface area contributed by atoms with Gasteiger partial charge in [-0.2, -0.15) is 0 Å². The predicted octanol–water partition coefficient (Wildman–Crippen LogP) is 1.31. The van der Waals surface area contributed by atoms with Gasteiger partial charge in [-0.1, -0.05) is 24.3 Å². The zero-order valence-electron chi connectivity index (χ0n) is 9.10. The van der Waals surface area contributed by atoms with Crippen molar-refractivity contribution in [3.05, 3.63) is 47.6 Å². The number of esters is 2. The third-order valence-corrected chi connectivity index (χ3v) is 1.96. The molecular weight excluding hydrogens is 208 g/mol. The maximum Gasteiger partial charge on any atom is 0.338 e. The Hall–Kier alpha value is -2.10. The molecule has 0 spiro atoms. The fraction of sp³-hybridized carbons (Fsp3) is 0.167. The van der Waals surface area contributed by atoms with Crippen LogP contribution in [0.15, 0.2) is 47.6 Å². The summed E-state index contributed by atoms with van der Waals surface area (Å²) < 4.78 is 9.19. The van der Waals surface area contributed by atoms with Crippen LogP contribution in [0.3, 0.4) is 0 Å². The van der Waals surface area contributed by atoms with E-state index in [2.05, 4.69) is 9.47 Å². The van der Waals surface area contributed by atoms with Crippen molar-refractivity contribution < 1.29 is 19.1 Å². The van der Waals surface area contributed by atoms with Crippen molar-refractivity contribution in [3.63, 3.8) is 0 Å². The molecule has 1 aliphatic rings. The summed E-state index contributed by atoms with van der Waals surface area (Å²) in [4.78, 5) is 22.9. The average molecular weight is 220 g/mol. The number of allylic oxidation sites excluding steroid dienone is 4. The lowest BCUT2D eigenvalue weighted by Gasteiger charge is -2.06. The average Bonchev–Trinajstić information content (AvgIpc) is 2.27. The molecule has 0 aliphatic heterocycles. The monoisotopic (exact) mass is 220 g/mol. The van der Waals surface area contributed by atoms with Gasteiger partial charge in [-0.15, -0.1) is 0 Å². The van der Waals surface area contributed by atoms with Gasteiger partial charge in [-0.25, -0.2) is 9.59 Å². The molecule has 0 fully saturated rings. The number of carbonyl (C=O) groups excluding carboxylic acids is 2. The van der Waals surface area contributed by atoms with Gasteiger partial charge in [-0.05, 0) is 12.2 Å². The van der Waals surface area contributed by atoms with Crippen molar-refractivity contribution in [1.29, 1.82) is 0 Å². The van der Waals surface area contributed by atoms with Crippen molar-refractivity contribution in [3.8, 4) is 0 Å². The van der Waals surface area contributed by atoms with Crippen molar-refractivity contribution >= 4 is 11.9 Å². The SMILES string of the molecule is COC(=O)C1=C(C(=O)OC)C=CC=CC=C1. The molecule has 0 aromatic carbocycles. The Morgan fingerprint density at radius 3 is 1.50 bits per heavy atom. The molecule has 16 heavy (non-hydrogen) atoms. The molecule has 0 aromatic rings. The molecule has 1 rings (SSSR count). The molecule has 0 saturated carbocycles. The molecule has 0 amide bonds. The summed E-state index contributed by atoms with van der Waals surface area (Å²) in [7, 11) is 2.52. The number of methoxy groups -OCH3 is 2. The first kappa shape index (κ1) is 12.0. The lowest BCUT2D eigenvalue weighted by Crippen LogP contribution is -2.12. The Kier molecular flexibility index (Phi) is 4.27. The summed E-state index contributed by atoms with van der Waals surface area (Å²) in [6, 6.07) is 0. The molecule has 0 atom stereocenters. The van der Waals surface area contributed by atoms with E-state index < -0.39 is 11.9 Å². The number of carbonyl (C=O) groups is 2. The highest BCUT2D eigenvalue weighted by Crippen LogP contribution is 2.13. The summed E-state index contributed by atoms with van der Waals surface area (Å²) in [5, 5.41) is 0. The van der Waals surface area contributed by atoms with Crippen molar-refractivity contribution in [2.45, 2.75) is 0 Å². The van der Waals surface area contributed by atoms with Crippen molar-refractivity contribution in [2.75, 3.05) is 14.2 Å². The summed E-state index contributed by atoms with van der Waals surface area (Å²) in [5.74, 6) is -1.15. The quantitative estimate of drug-likeness (QED) is 0.658. The minimum absolute atomic E-state index is 0.176. The number of rotatable bonds is 2. The van der Waals surface area contributed by atoms with Crippen molar-refractivity contribution in [2.24, 2.45) is 0 Å². The zero-order valence-corrected chi connectivity index (χ0v) is 9.10. The first-order valence-corrected chi connectivity index (χ1v) is 4.63. The topological polar surface area (TPSA) is 52.6 Å². The normalized spacial score (nSPS) is 14.4. The molecule has 1 aliphatic carbocycles. The maximum absolute atomic E-state index is 11.5. The second-order valence-corrected chi connectivity index (χ2v) is 2.91. The van der Waals surface area contributed by atoms with Crippen LogP contribution in [0.2, 0.25) is 0 Å². The summed E-state index contributed by atoms with van der Waals surface area (Å²) in [6.45, 7) is 0. The van der Waals surface area contributed by atoms with Crippen LogP contribution in [0.1, 0.15) is 0 Å². The highest BCUT2D eigenvalue weighted by atomic mass is 16.5. The summed E-state index contributed by atoms with van der Waals surface area (Å²) in [6.07, 6.45) is 9.81. The van der Waals surface area contributed by atoms with Crippen LogP contribution in [0.5, 0.6) is 0 Å². The van der Waals surface area contributed by atoms with Gasteiger partial charge in [0, 0.05) is 0 Å². The van der Waals surface area contributed by atoms with Crippen LogP contribution >= 0.6 is 0 Å². The molecule has 0 radical (unpaired) electrons. The van der Waals surface area contributed by atoms with Crippen LogP contribution in [0.4, 0.5) is 0 Å². The second-order valence-electron chi connectivity index (χ2n) is 2.91. The first-order chi connectivity index (χ1) is 7.70. The van der Waals surface area contributed by atoms with Crippen LogP contribution in [-0.2, 0) is 19.1 Å². The van der Waals surface area contributed by atoms with Crippen molar-refractivity contribution in [1.82, 2.24) is 0 Å². The fourth-order valence-corrected chi connectivity index (χ4v) is 1.19. The van der Waals surface area contributed by atoms with Gasteiger partial charge >= 0.3 is 11.9 Å². The molecular formula is C12H12O4. The van der Waals surface area contributed by atoms with Crippen LogP contribution in [-0.4, -0.2) is 26.2 Å². The molecule has 4 heteroatoms. The molecule has 0 bridgehead atoms. The number of hydrogen-bond donors (Lipinski definition) is 0. The van der Waals surface area contributed by atoms with E-state index in [-0.39, 0.29) is 11.1 Å². The molecule has 0 heterocycles. The molecule has 0 aromatic heterocycles. The van der Waals surface area contributed by atoms with Gasteiger partial charge in [0.1, 0.15) is 0 Å². The Balaban J connectivity index is 3.24. The molecule has 0 saturated heterocycles. The Morgan fingerprint density at radius 2 is 1.19 bits per heavy atom. The van der Waals surface area contributed by atoms with Gasteiger partial charge in [0.15, 0.2) is 0 Å². The van der Waals surface area contributed by atoms with Crippen LogP contribution in [0.25, 0.3) is 0 Å². The van der Waals surface area contributed by atoms with Gasteiger partial charge < -0.3 is 9.47 Å². The Bertz CT molecular complexity index is 373. The van der Waals surface area contributed by atoms with E-state index >= 15 is 0 Å². The predicted molar refractivity (Wildman–Crippen MR) is 58.5 cm³/mol. The number of hydrogen-bond acceptors (Lipinski definition) is 4. The second kappa shape index (κ2) is 5.70. The lowest BCUT2D eigenvalue weighted by atomic mass is 10.1. The molecule has 0 unspecified atom stereocenters. The van der Waals surface area contributed by atoms with E-state index in [1.165, 1.54) is 26.4 Å². The molecule has 84 valence electrons. The molecule has 4 nitrogen and oxygen atoms in total. The standard InChI is InChI=1S/C12H12O4/c1-15-11(13)9-7-5-3-4-6-8-10(9)12(14)16-2/h3-8H,1-2H3. The van der Waals surface area contributed by atoms with E-state index in [4.69, 9.17) is 0 Å². The summed E-state index contributed by atoms with van der Waals surface area (Å²) in [5.41, 5.74) is 0.352. The third kappa shape index (κ3) is 2.70. The highest BCUT2D eigenvalue weighted by Gasteiger charge is 2.18. The zero-order chi connectivity index (χ0) is 12.0. The lowest BCUT2D eigenvalue weighted by molar-refractivity contribution is -0.138. The minimum atomic E-state index is -0.573. The largest absolute Gasteiger partial charge is 0.465 e. The maximum atomic E-state index is 11.5. The van der Waals surface area contributed by atoms with Crippen LogP contribution < -0.4 is 0 Å². The Morgan fingerprint density at radius 1 is 0.812 bits per heavy atom. The smallest absolute Gasteiger partial charge is 0.338 e. The Labute approximate surface area is 93.5 Å². The van der Waals surface area contributed by atoms with Gasteiger partial charge in [0.2, 0.25) is 0 Å². The minimum Gasteiger partial charge on any atom is -0.465 e. The van der Waals surface area contributed by atoms with E-state index in [0.717, 1.165) is 0 Å². The van der Waals surface area contributed by atoms with Gasteiger partial charge in [0.05, 0.1) is 25.4 Å². The molecule has 0 N–H and O–H groups in total. The van der Waals surface area contributed by atoms with E-state index in [9.17, 15) is 9.59 Å².